The summed E-state index contributed by atoms with van der Waals surface area (Å²) in [6, 6.07) is 8.99. The molecule has 0 aliphatic carbocycles. The van der Waals surface area contributed by atoms with E-state index in [1.54, 1.807) is 25.6 Å². The van der Waals surface area contributed by atoms with Gasteiger partial charge < -0.3 is 20.5 Å². The van der Waals surface area contributed by atoms with Crippen LogP contribution in [0.5, 0.6) is 5.75 Å². The van der Waals surface area contributed by atoms with Gasteiger partial charge in [0, 0.05) is 43.5 Å². The minimum absolute atomic E-state index is 0. The van der Waals surface area contributed by atoms with Crippen LogP contribution in [0.4, 0.5) is 10.1 Å². The number of benzene rings is 1. The molecular weight excluding hydrogens is 540 g/mol. The van der Waals surface area contributed by atoms with E-state index in [1.807, 2.05) is 29.2 Å². The Bertz CT molecular complexity index is 1240. The minimum atomic E-state index is -1.06. The largest absolute Gasteiger partial charge is 0.497 e. The minimum Gasteiger partial charge on any atom is -0.497 e. The van der Waals surface area contributed by atoms with E-state index in [0.717, 1.165) is 27.1 Å². The lowest BCUT2D eigenvalue weighted by Gasteiger charge is -2.36. The second kappa shape index (κ2) is 13.0. The van der Waals surface area contributed by atoms with Gasteiger partial charge in [0.2, 0.25) is 5.91 Å². The average molecular weight is 571 g/mol. The van der Waals surface area contributed by atoms with Crippen molar-refractivity contribution < 1.29 is 19.0 Å². The van der Waals surface area contributed by atoms with Crippen LogP contribution < -0.4 is 15.4 Å². The van der Waals surface area contributed by atoms with E-state index in [4.69, 9.17) is 4.74 Å². The number of nitrogens with one attached hydrogen (secondary N) is 2. The Balaban J connectivity index is 0.00000190. The number of amides is 1. The van der Waals surface area contributed by atoms with Crippen molar-refractivity contribution in [3.8, 4) is 5.75 Å². The predicted octanol–water partition coefficient (Wildman–Crippen LogP) is 3.76. The first-order valence-corrected chi connectivity index (χ1v) is 12.6. The van der Waals surface area contributed by atoms with Gasteiger partial charge in [-0.2, -0.15) is 0 Å². The van der Waals surface area contributed by atoms with Gasteiger partial charge >= 0.3 is 0 Å². The van der Waals surface area contributed by atoms with E-state index in [2.05, 4.69) is 20.6 Å². The zero-order valence-electron chi connectivity index (χ0n) is 20.2. The number of hydrogen-bond acceptors (Lipinski definition) is 8. The molecule has 2 aliphatic rings. The number of methoxy groups -OCH3 is 1. The fourth-order valence-electron chi connectivity index (χ4n) is 4.64. The molecule has 5 rings (SSSR count). The number of likely N-dealkylation sites (tertiary alicyclic amines) is 1. The highest BCUT2D eigenvalue weighted by Crippen LogP contribution is 2.30. The summed E-state index contributed by atoms with van der Waals surface area (Å²) in [6.45, 7) is 1.74. The standard InChI is InChI=1S/C25H28FN5O3S.2ClH/c1-34-16-2-3-20-18(9-16)17(4-6-27-20)23(32)13-31-7-5-21(19(26)12-31)28-10-15-8-22-25(29-11-15)35-14-24(33)30-22;;/h2-4,6,8-9,11,19,21,23,28,32H,5,7,10,12-14H2,1H3,(H,30,33);2*1H/t19-,21+,23+;;/m1../s1. The lowest BCUT2D eigenvalue weighted by Crippen LogP contribution is -2.51. The molecule has 2 aliphatic heterocycles. The maximum Gasteiger partial charge on any atom is 0.234 e. The molecule has 0 spiro atoms. The molecule has 0 saturated carbocycles. The van der Waals surface area contributed by atoms with Gasteiger partial charge in [0.1, 0.15) is 16.9 Å². The van der Waals surface area contributed by atoms with Crippen LogP contribution in [0.15, 0.2) is 47.8 Å². The highest BCUT2D eigenvalue weighted by atomic mass is 35.5. The van der Waals surface area contributed by atoms with Crippen LogP contribution in [-0.2, 0) is 11.3 Å². The lowest BCUT2D eigenvalue weighted by atomic mass is 10.00. The van der Waals surface area contributed by atoms with Gasteiger partial charge in [-0.25, -0.2) is 9.37 Å². The Morgan fingerprint density at radius 1 is 1.30 bits per heavy atom. The summed E-state index contributed by atoms with van der Waals surface area (Å²) >= 11 is 1.42. The van der Waals surface area contributed by atoms with E-state index >= 15 is 4.39 Å². The van der Waals surface area contributed by atoms with Crippen LogP contribution in [0.3, 0.4) is 0 Å². The number of aliphatic hydroxyl groups is 1. The molecule has 3 aromatic rings. The van der Waals surface area contributed by atoms with Crippen molar-refractivity contribution in [2.45, 2.75) is 36.3 Å². The van der Waals surface area contributed by atoms with Crippen LogP contribution >= 0.6 is 36.6 Å². The predicted molar refractivity (Wildman–Crippen MR) is 148 cm³/mol. The Morgan fingerprint density at radius 2 is 2.14 bits per heavy atom. The summed E-state index contributed by atoms with van der Waals surface area (Å²) in [4.78, 5) is 22.4. The van der Waals surface area contributed by atoms with Crippen molar-refractivity contribution in [3.05, 3.63) is 53.9 Å². The monoisotopic (exact) mass is 569 g/mol. The number of halogens is 3. The van der Waals surface area contributed by atoms with Crippen LogP contribution in [-0.4, -0.2) is 70.6 Å². The molecule has 8 nitrogen and oxygen atoms in total. The molecule has 0 bridgehead atoms. The van der Waals surface area contributed by atoms with Crippen molar-refractivity contribution in [1.29, 1.82) is 0 Å². The maximum absolute atomic E-state index is 15.0. The number of anilines is 1. The highest BCUT2D eigenvalue weighted by molar-refractivity contribution is 8.00. The van der Waals surface area contributed by atoms with Gasteiger partial charge in [0.15, 0.2) is 0 Å². The third-order valence-corrected chi connectivity index (χ3v) is 7.49. The number of hydrogen-bond donors (Lipinski definition) is 3. The Kier molecular flexibility index (Phi) is 10.3. The molecule has 37 heavy (non-hydrogen) atoms. The topological polar surface area (TPSA) is 99.6 Å². The first-order chi connectivity index (χ1) is 17.0. The van der Waals surface area contributed by atoms with Crippen molar-refractivity contribution in [1.82, 2.24) is 20.2 Å². The Morgan fingerprint density at radius 3 is 2.92 bits per heavy atom. The van der Waals surface area contributed by atoms with Crippen molar-refractivity contribution in [2.24, 2.45) is 0 Å². The molecule has 0 radical (unpaired) electrons. The SMILES string of the molecule is COc1ccc2nccc([C@@H](O)CN3CC[C@H](NCc4cnc5c(c4)NC(=O)CS5)[C@H](F)C3)c2c1.Cl.Cl. The smallest absolute Gasteiger partial charge is 0.234 e. The van der Waals surface area contributed by atoms with Gasteiger partial charge in [-0.05, 0) is 54.4 Å². The van der Waals surface area contributed by atoms with Gasteiger partial charge in [0.25, 0.3) is 0 Å². The first kappa shape index (κ1) is 29.3. The van der Waals surface area contributed by atoms with E-state index in [9.17, 15) is 9.90 Å². The Labute approximate surface area is 231 Å². The molecule has 1 amide bonds. The molecule has 1 aromatic carbocycles. The number of piperidine rings is 1. The molecule has 3 atom stereocenters. The Hall–Kier alpha value is -2.21. The number of β-amino-alcohol motifs (C(OH)–C–C–N with tert-alkyl or cyclic N) is 1. The van der Waals surface area contributed by atoms with Crippen molar-refractivity contribution >= 4 is 59.1 Å². The number of ether oxygens (including phenoxy) is 1. The van der Waals surface area contributed by atoms with Crippen molar-refractivity contribution in [2.75, 3.05) is 37.8 Å². The molecule has 0 unspecified atom stereocenters. The van der Waals surface area contributed by atoms with Gasteiger partial charge in [-0.1, -0.05) is 11.8 Å². The number of nitrogens with zero attached hydrogens (tertiary/aromatic N) is 3. The molecule has 4 heterocycles. The van der Waals surface area contributed by atoms with Gasteiger partial charge in [-0.15, -0.1) is 24.8 Å². The summed E-state index contributed by atoms with van der Waals surface area (Å²) in [5.41, 5.74) is 3.15. The maximum atomic E-state index is 15.0. The van der Waals surface area contributed by atoms with E-state index < -0.39 is 12.3 Å². The number of alkyl halides is 1. The summed E-state index contributed by atoms with van der Waals surface area (Å²) < 4.78 is 20.4. The summed E-state index contributed by atoms with van der Waals surface area (Å²) in [5, 5.41) is 18.7. The molecule has 2 aromatic heterocycles. The molecule has 200 valence electrons. The molecule has 1 fully saturated rings. The number of aromatic nitrogens is 2. The molecular formula is C25H30Cl2FN5O3S. The normalized spacial score (nSPS) is 20.2. The summed E-state index contributed by atoms with van der Waals surface area (Å²) in [6.07, 6.45) is 2.25. The van der Waals surface area contributed by atoms with Crippen LogP contribution in [0.25, 0.3) is 10.9 Å². The zero-order valence-corrected chi connectivity index (χ0v) is 22.7. The zero-order chi connectivity index (χ0) is 24.4. The number of aliphatic hydroxyl groups excluding tert-OH is 1. The quantitative estimate of drug-likeness (QED) is 0.395. The van der Waals surface area contributed by atoms with Crippen LogP contribution in [0.1, 0.15) is 23.7 Å². The van der Waals surface area contributed by atoms with Crippen molar-refractivity contribution in [3.63, 3.8) is 0 Å². The van der Waals surface area contributed by atoms with E-state index in [0.29, 0.717) is 43.2 Å². The summed E-state index contributed by atoms with van der Waals surface area (Å²) in [7, 11) is 1.60. The second-order valence-corrected chi connectivity index (χ2v) is 9.85. The number of pyridine rings is 2. The van der Waals surface area contributed by atoms with Gasteiger partial charge in [-0.3, -0.25) is 14.7 Å². The fourth-order valence-corrected chi connectivity index (χ4v) is 5.37. The second-order valence-electron chi connectivity index (χ2n) is 8.88. The number of thioether (sulfide) groups is 1. The van der Waals surface area contributed by atoms with Crippen LogP contribution in [0, 0.1) is 0 Å². The number of rotatable bonds is 7. The van der Waals surface area contributed by atoms with Gasteiger partial charge in [0.05, 0.1) is 30.2 Å². The van der Waals surface area contributed by atoms with E-state index in [1.165, 1.54) is 11.8 Å². The number of carbonyl (C=O) groups excluding carboxylic acids is 1. The third kappa shape index (κ3) is 6.81. The van der Waals surface area contributed by atoms with E-state index in [-0.39, 0.29) is 43.3 Å². The molecule has 3 N–H and O–H groups in total. The number of fused-ring (bicyclic) bond motifs is 2. The average Bonchev–Trinajstić information content (AvgIpc) is 2.87. The third-order valence-electron chi connectivity index (χ3n) is 6.49. The molecule has 1 saturated heterocycles. The first-order valence-electron chi connectivity index (χ1n) is 11.6. The van der Waals surface area contributed by atoms with Crippen LogP contribution in [0.2, 0.25) is 0 Å². The molecule has 12 heteroatoms. The lowest BCUT2D eigenvalue weighted by molar-refractivity contribution is -0.113. The number of carbonyl (C=O) groups is 1. The summed E-state index contributed by atoms with van der Waals surface area (Å²) in [5.74, 6) is 1.04. The highest BCUT2D eigenvalue weighted by Gasteiger charge is 2.30. The fraction of sp³-hybridized carbons (Fsp3) is 0.400.